The van der Waals surface area contributed by atoms with Gasteiger partial charge in [0.05, 0.1) is 12.1 Å². The van der Waals surface area contributed by atoms with Crippen molar-refractivity contribution in [3.8, 4) is 6.07 Å². The van der Waals surface area contributed by atoms with Crippen molar-refractivity contribution in [2.75, 3.05) is 6.54 Å². The van der Waals surface area contributed by atoms with Crippen LogP contribution in [0, 0.1) is 11.3 Å². The van der Waals surface area contributed by atoms with E-state index in [1.807, 2.05) is 6.92 Å². The van der Waals surface area contributed by atoms with Crippen molar-refractivity contribution >= 4 is 0 Å². The van der Waals surface area contributed by atoms with Gasteiger partial charge in [0.25, 0.3) is 0 Å². The fourth-order valence-electron chi connectivity index (χ4n) is 3.22. The van der Waals surface area contributed by atoms with Crippen LogP contribution in [-0.4, -0.2) is 35.6 Å². The predicted octanol–water partition coefficient (Wildman–Crippen LogP) is 1.50. The molecule has 2 aliphatic heterocycles. The van der Waals surface area contributed by atoms with E-state index in [0.29, 0.717) is 18.1 Å². The van der Waals surface area contributed by atoms with Gasteiger partial charge in [-0.25, -0.2) is 0 Å². The van der Waals surface area contributed by atoms with Gasteiger partial charge in [-0.3, -0.25) is 4.90 Å². The van der Waals surface area contributed by atoms with Crippen LogP contribution < -0.4 is 5.32 Å². The van der Waals surface area contributed by atoms with Gasteiger partial charge in [0.2, 0.25) is 0 Å². The van der Waals surface area contributed by atoms with Gasteiger partial charge >= 0.3 is 0 Å². The highest BCUT2D eigenvalue weighted by Crippen LogP contribution is 2.30. The van der Waals surface area contributed by atoms with Crippen molar-refractivity contribution in [1.82, 2.24) is 10.2 Å². The Morgan fingerprint density at radius 3 is 2.47 bits per heavy atom. The lowest BCUT2D eigenvalue weighted by atomic mass is 9.97. The highest BCUT2D eigenvalue weighted by molar-refractivity contribution is 4.99. The first kappa shape index (κ1) is 10.9. The molecule has 2 fully saturated rings. The molecule has 0 radical (unpaired) electrons. The molecule has 0 aromatic heterocycles. The maximum absolute atomic E-state index is 9.01. The van der Waals surface area contributed by atoms with Crippen LogP contribution in [0.2, 0.25) is 0 Å². The summed E-state index contributed by atoms with van der Waals surface area (Å²) < 4.78 is 0. The lowest BCUT2D eigenvalue weighted by Gasteiger charge is -2.38. The third-order valence-electron chi connectivity index (χ3n) is 3.97. The summed E-state index contributed by atoms with van der Waals surface area (Å²) >= 11 is 0. The zero-order chi connectivity index (χ0) is 10.8. The molecule has 2 bridgehead atoms. The Morgan fingerprint density at radius 2 is 2.00 bits per heavy atom. The van der Waals surface area contributed by atoms with Gasteiger partial charge in [0, 0.05) is 18.1 Å². The van der Waals surface area contributed by atoms with Gasteiger partial charge in [-0.1, -0.05) is 6.92 Å². The van der Waals surface area contributed by atoms with Crippen molar-refractivity contribution in [2.24, 2.45) is 0 Å². The van der Waals surface area contributed by atoms with E-state index in [1.54, 1.807) is 0 Å². The third kappa shape index (κ3) is 2.16. The molecule has 0 saturated carbocycles. The summed E-state index contributed by atoms with van der Waals surface area (Å²) in [6.45, 7) is 5.18. The van der Waals surface area contributed by atoms with E-state index in [9.17, 15) is 0 Å². The molecule has 0 spiro atoms. The Labute approximate surface area is 92.4 Å². The van der Waals surface area contributed by atoms with Crippen LogP contribution in [0.15, 0.2) is 0 Å². The molecular weight excluding hydrogens is 186 g/mol. The quantitative estimate of drug-likeness (QED) is 0.762. The average Bonchev–Trinajstić information content (AvgIpc) is 2.59. The lowest BCUT2D eigenvalue weighted by molar-refractivity contribution is 0.130. The number of rotatable bonds is 3. The average molecular weight is 207 g/mol. The molecule has 2 saturated heterocycles. The molecule has 0 aliphatic carbocycles. The first-order valence-corrected chi connectivity index (χ1v) is 6.16. The molecule has 84 valence electrons. The van der Waals surface area contributed by atoms with Crippen molar-refractivity contribution in [2.45, 2.75) is 63.7 Å². The number of hydrogen-bond acceptors (Lipinski definition) is 3. The van der Waals surface area contributed by atoms with Gasteiger partial charge in [-0.2, -0.15) is 5.26 Å². The van der Waals surface area contributed by atoms with Crippen molar-refractivity contribution in [3.05, 3.63) is 0 Å². The summed E-state index contributed by atoms with van der Waals surface area (Å²) in [4.78, 5) is 2.37. The second kappa shape index (κ2) is 4.51. The normalized spacial score (nSPS) is 36.5. The van der Waals surface area contributed by atoms with E-state index in [2.05, 4.69) is 23.2 Å². The van der Waals surface area contributed by atoms with Gasteiger partial charge in [0.15, 0.2) is 0 Å². The summed E-state index contributed by atoms with van der Waals surface area (Å²) in [6, 6.07) is 4.50. The molecule has 3 heteroatoms. The first-order chi connectivity index (χ1) is 7.24. The van der Waals surface area contributed by atoms with E-state index in [1.165, 1.54) is 25.7 Å². The van der Waals surface area contributed by atoms with Gasteiger partial charge in [-0.05, 0) is 39.2 Å². The lowest BCUT2D eigenvalue weighted by Crippen LogP contribution is -2.50. The van der Waals surface area contributed by atoms with Crippen molar-refractivity contribution < 1.29 is 0 Å². The van der Waals surface area contributed by atoms with Crippen molar-refractivity contribution in [1.29, 1.82) is 5.26 Å². The molecule has 3 nitrogen and oxygen atoms in total. The smallest absolute Gasteiger partial charge is 0.0951 e. The van der Waals surface area contributed by atoms with Crippen LogP contribution in [0.3, 0.4) is 0 Å². The molecule has 0 aromatic carbocycles. The topological polar surface area (TPSA) is 39.1 Å². The number of hydrogen-bond donors (Lipinski definition) is 1. The number of nitrogens with zero attached hydrogens (tertiary/aromatic N) is 2. The Kier molecular flexibility index (Phi) is 3.28. The molecule has 3 atom stereocenters. The summed E-state index contributed by atoms with van der Waals surface area (Å²) in [5.74, 6) is 0. The Morgan fingerprint density at radius 1 is 1.40 bits per heavy atom. The highest BCUT2D eigenvalue weighted by Gasteiger charge is 2.36. The van der Waals surface area contributed by atoms with Crippen LogP contribution in [0.25, 0.3) is 0 Å². The van der Waals surface area contributed by atoms with Crippen LogP contribution in [0.5, 0.6) is 0 Å². The predicted molar refractivity (Wildman–Crippen MR) is 60.4 cm³/mol. The SMILES string of the molecule is CCN(C(C)C#N)C1CC2CCC(C1)N2. The third-order valence-corrected chi connectivity index (χ3v) is 3.97. The summed E-state index contributed by atoms with van der Waals surface area (Å²) in [5.41, 5.74) is 0. The largest absolute Gasteiger partial charge is 0.311 e. The molecule has 1 N–H and O–H groups in total. The number of fused-ring (bicyclic) bond motifs is 2. The number of piperidine rings is 1. The van der Waals surface area contributed by atoms with E-state index >= 15 is 0 Å². The summed E-state index contributed by atoms with van der Waals surface area (Å²) in [5, 5.41) is 12.7. The monoisotopic (exact) mass is 207 g/mol. The minimum atomic E-state index is 0.0671. The number of nitriles is 1. The second-order valence-corrected chi connectivity index (χ2v) is 4.90. The zero-order valence-electron chi connectivity index (χ0n) is 9.74. The maximum atomic E-state index is 9.01. The standard InChI is InChI=1S/C12H21N3/c1-3-15(9(2)8-13)12-6-10-4-5-11(7-12)14-10/h9-12,14H,3-7H2,1-2H3. The highest BCUT2D eigenvalue weighted by atomic mass is 15.2. The fraction of sp³-hybridized carbons (Fsp3) is 0.917. The van der Waals surface area contributed by atoms with E-state index < -0.39 is 0 Å². The summed E-state index contributed by atoms with van der Waals surface area (Å²) in [6.07, 6.45) is 5.13. The molecule has 15 heavy (non-hydrogen) atoms. The Bertz CT molecular complexity index is 246. The molecule has 3 unspecified atom stereocenters. The van der Waals surface area contributed by atoms with Crippen molar-refractivity contribution in [3.63, 3.8) is 0 Å². The minimum absolute atomic E-state index is 0.0671. The van der Waals surface area contributed by atoms with E-state index in [0.717, 1.165) is 6.54 Å². The van der Waals surface area contributed by atoms with Gasteiger partial charge in [0.1, 0.15) is 0 Å². The van der Waals surface area contributed by atoms with Gasteiger partial charge in [-0.15, -0.1) is 0 Å². The van der Waals surface area contributed by atoms with E-state index in [4.69, 9.17) is 5.26 Å². The molecular formula is C12H21N3. The van der Waals surface area contributed by atoms with Crippen LogP contribution >= 0.6 is 0 Å². The maximum Gasteiger partial charge on any atom is 0.0951 e. The molecule has 0 amide bonds. The van der Waals surface area contributed by atoms with Crippen LogP contribution in [0.4, 0.5) is 0 Å². The second-order valence-electron chi connectivity index (χ2n) is 4.90. The minimum Gasteiger partial charge on any atom is -0.311 e. The molecule has 2 rings (SSSR count). The van der Waals surface area contributed by atoms with E-state index in [-0.39, 0.29) is 6.04 Å². The zero-order valence-corrected chi connectivity index (χ0v) is 9.74. The van der Waals surface area contributed by atoms with Crippen LogP contribution in [-0.2, 0) is 0 Å². The van der Waals surface area contributed by atoms with Crippen LogP contribution in [0.1, 0.15) is 39.5 Å². The molecule has 0 aromatic rings. The fourth-order valence-corrected chi connectivity index (χ4v) is 3.22. The van der Waals surface area contributed by atoms with Gasteiger partial charge < -0.3 is 5.32 Å². The Hall–Kier alpha value is -0.590. The number of nitrogens with one attached hydrogen (secondary N) is 1. The first-order valence-electron chi connectivity index (χ1n) is 6.16. The molecule has 2 heterocycles. The Balaban J connectivity index is 2.00. The molecule has 2 aliphatic rings. The summed E-state index contributed by atoms with van der Waals surface area (Å²) in [7, 11) is 0.